The number of para-hydroxylation sites is 1. The number of ether oxygens (including phenoxy) is 1. The molecule has 1 aliphatic heterocycles. The second-order valence-corrected chi connectivity index (χ2v) is 6.75. The standard InChI is InChI=1S/C20H19ClN4O2/c21-15-6-4-5-14(9-15)18-11-22-19-13-27-17(12-25(18)19)10-23-20(26)24-16-7-2-1-3-8-16/h1-9,11,17H,10,12-13H2,(H2,23,24,26). The van der Waals surface area contributed by atoms with E-state index < -0.39 is 0 Å². The molecular formula is C20H19ClN4O2. The maximum absolute atomic E-state index is 12.1. The molecule has 2 N–H and O–H groups in total. The summed E-state index contributed by atoms with van der Waals surface area (Å²) in [5.41, 5.74) is 2.76. The van der Waals surface area contributed by atoms with Crippen molar-refractivity contribution in [2.24, 2.45) is 0 Å². The molecule has 1 unspecified atom stereocenters. The van der Waals surface area contributed by atoms with Gasteiger partial charge >= 0.3 is 6.03 Å². The molecule has 1 aromatic heterocycles. The molecule has 138 valence electrons. The van der Waals surface area contributed by atoms with Crippen molar-refractivity contribution < 1.29 is 9.53 Å². The number of carbonyl (C=O) groups excluding carboxylic acids is 1. The van der Waals surface area contributed by atoms with Gasteiger partial charge in [-0.3, -0.25) is 0 Å². The molecular weight excluding hydrogens is 364 g/mol. The number of anilines is 1. The Balaban J connectivity index is 1.40. The van der Waals surface area contributed by atoms with Crippen LogP contribution in [0.2, 0.25) is 5.02 Å². The van der Waals surface area contributed by atoms with Crippen LogP contribution in [0.15, 0.2) is 60.8 Å². The third kappa shape index (κ3) is 4.13. The summed E-state index contributed by atoms with van der Waals surface area (Å²) in [6, 6.07) is 16.8. The zero-order chi connectivity index (χ0) is 18.6. The first-order chi connectivity index (χ1) is 13.2. The highest BCUT2D eigenvalue weighted by atomic mass is 35.5. The molecule has 3 aromatic rings. The summed E-state index contributed by atoms with van der Waals surface area (Å²) in [5.74, 6) is 0.870. The zero-order valence-electron chi connectivity index (χ0n) is 14.6. The van der Waals surface area contributed by atoms with E-state index in [2.05, 4.69) is 20.2 Å². The molecule has 2 aromatic carbocycles. The quantitative estimate of drug-likeness (QED) is 0.718. The van der Waals surface area contributed by atoms with Crippen LogP contribution in [0.4, 0.5) is 10.5 Å². The van der Waals surface area contributed by atoms with Gasteiger partial charge in [0.2, 0.25) is 0 Å². The summed E-state index contributed by atoms with van der Waals surface area (Å²) in [4.78, 5) is 16.5. The van der Waals surface area contributed by atoms with E-state index in [-0.39, 0.29) is 12.1 Å². The highest BCUT2D eigenvalue weighted by molar-refractivity contribution is 6.30. The maximum Gasteiger partial charge on any atom is 0.319 e. The van der Waals surface area contributed by atoms with Gasteiger partial charge in [0, 0.05) is 22.8 Å². The number of amides is 2. The second kappa shape index (κ2) is 7.82. The fourth-order valence-electron chi connectivity index (χ4n) is 3.09. The van der Waals surface area contributed by atoms with Gasteiger partial charge in [0.15, 0.2) is 0 Å². The van der Waals surface area contributed by atoms with Crippen LogP contribution in [0, 0.1) is 0 Å². The number of nitrogens with one attached hydrogen (secondary N) is 2. The van der Waals surface area contributed by atoms with E-state index >= 15 is 0 Å². The van der Waals surface area contributed by atoms with E-state index in [1.54, 1.807) is 0 Å². The van der Waals surface area contributed by atoms with Crippen molar-refractivity contribution in [2.75, 3.05) is 11.9 Å². The zero-order valence-corrected chi connectivity index (χ0v) is 15.3. The van der Waals surface area contributed by atoms with Gasteiger partial charge in [-0.2, -0.15) is 0 Å². The lowest BCUT2D eigenvalue weighted by atomic mass is 10.1. The monoisotopic (exact) mass is 382 g/mol. The van der Waals surface area contributed by atoms with E-state index in [4.69, 9.17) is 16.3 Å². The van der Waals surface area contributed by atoms with Gasteiger partial charge in [-0.25, -0.2) is 9.78 Å². The second-order valence-electron chi connectivity index (χ2n) is 6.31. The molecule has 0 radical (unpaired) electrons. The lowest BCUT2D eigenvalue weighted by Crippen LogP contribution is -2.40. The fourth-order valence-corrected chi connectivity index (χ4v) is 3.28. The number of rotatable bonds is 4. The summed E-state index contributed by atoms with van der Waals surface area (Å²) in [5, 5.41) is 6.35. The average Bonchev–Trinajstić information content (AvgIpc) is 3.10. The Morgan fingerprint density at radius 3 is 2.89 bits per heavy atom. The minimum Gasteiger partial charge on any atom is -0.367 e. The van der Waals surface area contributed by atoms with Gasteiger partial charge in [-0.1, -0.05) is 41.9 Å². The number of urea groups is 1. The SMILES string of the molecule is O=C(NCC1Cn2c(-c3cccc(Cl)c3)cnc2CO1)Nc1ccccc1. The van der Waals surface area contributed by atoms with E-state index in [1.165, 1.54) is 0 Å². The number of halogens is 1. The van der Waals surface area contributed by atoms with Crippen molar-refractivity contribution in [1.82, 2.24) is 14.9 Å². The number of benzene rings is 2. The topological polar surface area (TPSA) is 68.2 Å². The normalized spacial score (nSPS) is 15.8. The van der Waals surface area contributed by atoms with Gasteiger partial charge in [0.1, 0.15) is 12.4 Å². The molecule has 27 heavy (non-hydrogen) atoms. The van der Waals surface area contributed by atoms with E-state index in [0.29, 0.717) is 24.7 Å². The van der Waals surface area contributed by atoms with Crippen LogP contribution >= 0.6 is 11.6 Å². The van der Waals surface area contributed by atoms with Crippen molar-refractivity contribution in [3.05, 3.63) is 71.6 Å². The van der Waals surface area contributed by atoms with Gasteiger partial charge < -0.3 is 19.9 Å². The molecule has 0 saturated carbocycles. The number of fused-ring (bicyclic) bond motifs is 1. The Labute approximate surface area is 162 Å². The molecule has 1 aliphatic rings. The third-order valence-corrected chi connectivity index (χ3v) is 4.65. The van der Waals surface area contributed by atoms with Crippen molar-refractivity contribution in [1.29, 1.82) is 0 Å². The van der Waals surface area contributed by atoms with E-state index in [0.717, 1.165) is 22.8 Å². The number of aromatic nitrogens is 2. The van der Waals surface area contributed by atoms with Crippen LogP contribution in [0.1, 0.15) is 5.82 Å². The lowest BCUT2D eigenvalue weighted by molar-refractivity contribution is 0.00515. The summed E-state index contributed by atoms with van der Waals surface area (Å²) in [6.07, 6.45) is 1.70. The van der Waals surface area contributed by atoms with Gasteiger partial charge in [0.25, 0.3) is 0 Å². The van der Waals surface area contributed by atoms with Crippen LogP contribution in [-0.2, 0) is 17.9 Å². The molecule has 0 spiro atoms. The molecule has 0 bridgehead atoms. The van der Waals surface area contributed by atoms with Crippen LogP contribution in [0.5, 0.6) is 0 Å². The lowest BCUT2D eigenvalue weighted by Gasteiger charge is -2.26. The Kier molecular flexibility index (Phi) is 5.09. The largest absolute Gasteiger partial charge is 0.367 e. The average molecular weight is 383 g/mol. The molecule has 4 rings (SSSR count). The predicted molar refractivity (Wildman–Crippen MR) is 105 cm³/mol. The molecule has 0 aliphatic carbocycles. The third-order valence-electron chi connectivity index (χ3n) is 4.41. The number of nitrogens with zero attached hydrogens (tertiary/aromatic N) is 2. The number of hydrogen-bond donors (Lipinski definition) is 2. The van der Waals surface area contributed by atoms with Crippen molar-refractivity contribution in [2.45, 2.75) is 19.3 Å². The molecule has 2 amide bonds. The van der Waals surface area contributed by atoms with Gasteiger partial charge in [0.05, 0.1) is 24.5 Å². The molecule has 6 nitrogen and oxygen atoms in total. The maximum atomic E-state index is 12.1. The van der Waals surface area contributed by atoms with E-state index in [9.17, 15) is 4.79 Å². The summed E-state index contributed by atoms with van der Waals surface area (Å²) in [6.45, 7) is 1.43. The first-order valence-electron chi connectivity index (χ1n) is 8.71. The minimum atomic E-state index is -0.253. The van der Waals surface area contributed by atoms with Crippen LogP contribution in [-0.4, -0.2) is 28.2 Å². The summed E-state index contributed by atoms with van der Waals surface area (Å²) < 4.78 is 7.95. The molecule has 1 atom stereocenters. The number of carbonyl (C=O) groups is 1. The number of hydrogen-bond acceptors (Lipinski definition) is 3. The van der Waals surface area contributed by atoms with Crippen LogP contribution in [0.25, 0.3) is 11.3 Å². The highest BCUT2D eigenvalue weighted by Crippen LogP contribution is 2.26. The van der Waals surface area contributed by atoms with Crippen LogP contribution < -0.4 is 10.6 Å². The fraction of sp³-hybridized carbons (Fsp3) is 0.200. The highest BCUT2D eigenvalue weighted by Gasteiger charge is 2.23. The first-order valence-corrected chi connectivity index (χ1v) is 9.09. The Bertz CT molecular complexity index is 942. The predicted octanol–water partition coefficient (Wildman–Crippen LogP) is 3.92. The molecule has 2 heterocycles. The molecule has 0 fully saturated rings. The van der Waals surface area contributed by atoms with Crippen molar-refractivity contribution in [3.8, 4) is 11.3 Å². The summed E-state index contributed by atoms with van der Waals surface area (Å²) in [7, 11) is 0. The molecule has 0 saturated heterocycles. The van der Waals surface area contributed by atoms with Gasteiger partial charge in [-0.15, -0.1) is 0 Å². The van der Waals surface area contributed by atoms with Crippen molar-refractivity contribution >= 4 is 23.3 Å². The number of imidazole rings is 1. The Morgan fingerprint density at radius 2 is 2.07 bits per heavy atom. The first kappa shape index (κ1) is 17.6. The van der Waals surface area contributed by atoms with E-state index in [1.807, 2.05) is 60.8 Å². The Hall–Kier alpha value is -2.83. The Morgan fingerprint density at radius 1 is 1.22 bits per heavy atom. The van der Waals surface area contributed by atoms with Crippen molar-refractivity contribution in [3.63, 3.8) is 0 Å². The molecule has 7 heteroatoms. The van der Waals surface area contributed by atoms with Gasteiger partial charge in [-0.05, 0) is 24.3 Å². The minimum absolute atomic E-state index is 0.133. The summed E-state index contributed by atoms with van der Waals surface area (Å²) >= 11 is 6.12. The smallest absolute Gasteiger partial charge is 0.319 e. The van der Waals surface area contributed by atoms with Crippen LogP contribution in [0.3, 0.4) is 0 Å².